The van der Waals surface area contributed by atoms with Gasteiger partial charge in [-0.05, 0) is 43.0 Å². The van der Waals surface area contributed by atoms with E-state index < -0.39 is 29.2 Å². The molecule has 2 aromatic carbocycles. The minimum absolute atomic E-state index is 0.103. The molecule has 1 amide bonds. The first-order valence-electron chi connectivity index (χ1n) is 8.84. The van der Waals surface area contributed by atoms with Gasteiger partial charge < -0.3 is 15.1 Å². The second-order valence-electron chi connectivity index (χ2n) is 7.10. The quantitative estimate of drug-likeness (QED) is 0.866. The van der Waals surface area contributed by atoms with Crippen molar-refractivity contribution in [3.05, 3.63) is 71.0 Å². The number of halogens is 1. The van der Waals surface area contributed by atoms with Crippen molar-refractivity contribution in [2.45, 2.75) is 25.9 Å². The lowest BCUT2D eigenvalue weighted by Crippen LogP contribution is -2.57. The molecule has 3 rings (SSSR count). The summed E-state index contributed by atoms with van der Waals surface area (Å²) in [5.41, 5.74) is 0.331. The molecule has 6 heteroatoms. The second kappa shape index (κ2) is 7.48. The molecule has 27 heavy (non-hydrogen) atoms. The SMILES string of the molecule is Cc1ccc(F)cc1C(=O)N1CC[C@](Cc2ccccc2)(C(=O)O)[C@H](O)C1. The Morgan fingerprint density at radius 2 is 1.93 bits per heavy atom. The number of β-amino-alcohol motifs (C(OH)–C–C–N with tert-alkyl or cyclic N) is 1. The molecule has 5 nitrogen and oxygen atoms in total. The maximum absolute atomic E-state index is 13.5. The number of benzene rings is 2. The molecule has 2 N–H and O–H groups in total. The van der Waals surface area contributed by atoms with Crippen LogP contribution in [0.4, 0.5) is 4.39 Å². The molecule has 0 saturated carbocycles. The van der Waals surface area contributed by atoms with Gasteiger partial charge in [0, 0.05) is 18.7 Å². The Balaban J connectivity index is 1.82. The molecule has 0 radical (unpaired) electrons. The number of nitrogens with zero attached hydrogens (tertiary/aromatic N) is 1. The van der Waals surface area contributed by atoms with Gasteiger partial charge in [0.15, 0.2) is 0 Å². The van der Waals surface area contributed by atoms with Crippen molar-refractivity contribution in [1.29, 1.82) is 0 Å². The first kappa shape index (κ1) is 19.0. The molecule has 142 valence electrons. The number of carbonyl (C=O) groups excluding carboxylic acids is 1. The lowest BCUT2D eigenvalue weighted by Gasteiger charge is -2.43. The Kier molecular flexibility index (Phi) is 5.28. The molecule has 1 saturated heterocycles. The van der Waals surface area contributed by atoms with Gasteiger partial charge in [-0.1, -0.05) is 36.4 Å². The summed E-state index contributed by atoms with van der Waals surface area (Å²) in [5, 5.41) is 20.5. The standard InChI is InChI=1S/C21H22FNO4/c1-14-7-8-16(22)11-17(14)19(25)23-10-9-21(20(26)27,18(24)13-23)12-15-5-3-2-4-6-15/h2-8,11,18,24H,9-10,12-13H2,1H3,(H,26,27)/t18-,21-/m1/s1. The van der Waals surface area contributed by atoms with Crippen LogP contribution >= 0.6 is 0 Å². The van der Waals surface area contributed by atoms with E-state index in [4.69, 9.17) is 0 Å². The molecule has 1 fully saturated rings. The summed E-state index contributed by atoms with van der Waals surface area (Å²) in [7, 11) is 0. The summed E-state index contributed by atoms with van der Waals surface area (Å²) in [6.45, 7) is 1.79. The van der Waals surface area contributed by atoms with Crippen molar-refractivity contribution in [1.82, 2.24) is 4.90 Å². The zero-order valence-electron chi connectivity index (χ0n) is 15.1. The maximum atomic E-state index is 13.5. The molecule has 1 aliphatic rings. The molecule has 2 aromatic rings. The van der Waals surface area contributed by atoms with E-state index in [1.165, 1.54) is 23.1 Å². The molecule has 0 bridgehead atoms. The minimum Gasteiger partial charge on any atom is -0.481 e. The van der Waals surface area contributed by atoms with Gasteiger partial charge in [0.05, 0.1) is 6.10 Å². The molecule has 0 aromatic heterocycles. The van der Waals surface area contributed by atoms with E-state index in [9.17, 15) is 24.2 Å². The number of carbonyl (C=O) groups is 2. The fourth-order valence-electron chi connectivity index (χ4n) is 3.65. The van der Waals surface area contributed by atoms with Gasteiger partial charge in [-0.3, -0.25) is 9.59 Å². The van der Waals surface area contributed by atoms with E-state index >= 15 is 0 Å². The summed E-state index contributed by atoms with van der Waals surface area (Å²) in [5.74, 6) is -1.98. The molecule has 0 aliphatic carbocycles. The van der Waals surface area contributed by atoms with Crippen molar-refractivity contribution in [2.75, 3.05) is 13.1 Å². The van der Waals surface area contributed by atoms with Crippen LogP contribution in [-0.2, 0) is 11.2 Å². The molecular weight excluding hydrogens is 349 g/mol. The van der Waals surface area contributed by atoms with Crippen molar-refractivity contribution < 1.29 is 24.2 Å². The summed E-state index contributed by atoms with van der Waals surface area (Å²) >= 11 is 0. The molecule has 2 atom stereocenters. The number of carboxylic acids is 1. The number of likely N-dealkylation sites (tertiary alicyclic amines) is 1. The molecule has 0 unspecified atom stereocenters. The highest BCUT2D eigenvalue weighted by molar-refractivity contribution is 5.96. The van der Waals surface area contributed by atoms with Gasteiger partial charge in [0.25, 0.3) is 5.91 Å². The minimum atomic E-state index is -1.35. The highest BCUT2D eigenvalue weighted by Crippen LogP contribution is 2.36. The third-order valence-corrected chi connectivity index (χ3v) is 5.36. The smallest absolute Gasteiger partial charge is 0.312 e. The lowest BCUT2D eigenvalue weighted by molar-refractivity contribution is -0.161. The van der Waals surface area contributed by atoms with E-state index in [0.29, 0.717) is 5.56 Å². The Morgan fingerprint density at radius 1 is 1.22 bits per heavy atom. The second-order valence-corrected chi connectivity index (χ2v) is 7.10. The summed E-state index contributed by atoms with van der Waals surface area (Å²) < 4.78 is 13.5. The predicted octanol–water partition coefficient (Wildman–Crippen LogP) is 2.65. The summed E-state index contributed by atoms with van der Waals surface area (Å²) in [6.07, 6.45) is -0.911. The van der Waals surface area contributed by atoms with Crippen molar-refractivity contribution in [3.63, 3.8) is 0 Å². The van der Waals surface area contributed by atoms with Crippen LogP contribution in [0.1, 0.15) is 27.9 Å². The number of carboxylic acid groups (broad SMARTS) is 1. The van der Waals surface area contributed by atoms with Crippen LogP contribution in [0.15, 0.2) is 48.5 Å². The van der Waals surface area contributed by atoms with Crippen LogP contribution in [0, 0.1) is 18.2 Å². The Bertz CT molecular complexity index is 855. The van der Waals surface area contributed by atoms with Crippen molar-refractivity contribution >= 4 is 11.9 Å². The lowest BCUT2D eigenvalue weighted by atomic mass is 9.71. The monoisotopic (exact) mass is 371 g/mol. The van der Waals surface area contributed by atoms with Crippen LogP contribution in [0.2, 0.25) is 0 Å². The summed E-state index contributed by atoms with van der Waals surface area (Å²) in [6, 6.07) is 13.1. The molecule has 0 spiro atoms. The number of hydrogen-bond acceptors (Lipinski definition) is 3. The van der Waals surface area contributed by atoms with Gasteiger partial charge in [0.2, 0.25) is 0 Å². The number of aliphatic hydroxyl groups excluding tert-OH is 1. The average Bonchev–Trinajstić information content (AvgIpc) is 2.65. The van der Waals surface area contributed by atoms with Crippen molar-refractivity contribution in [2.24, 2.45) is 5.41 Å². The van der Waals surface area contributed by atoms with Crippen LogP contribution in [0.3, 0.4) is 0 Å². The van der Waals surface area contributed by atoms with Gasteiger partial charge in [-0.25, -0.2) is 4.39 Å². The third-order valence-electron chi connectivity index (χ3n) is 5.36. The number of amides is 1. The third kappa shape index (κ3) is 3.71. The zero-order chi connectivity index (χ0) is 19.6. The van der Waals surface area contributed by atoms with E-state index in [2.05, 4.69) is 0 Å². The normalized spacial score (nSPS) is 22.5. The van der Waals surface area contributed by atoms with E-state index in [-0.39, 0.29) is 31.5 Å². The average molecular weight is 371 g/mol. The molecule has 1 aliphatic heterocycles. The van der Waals surface area contributed by atoms with Gasteiger partial charge in [-0.15, -0.1) is 0 Å². The largest absolute Gasteiger partial charge is 0.481 e. The first-order chi connectivity index (χ1) is 12.8. The number of aliphatic carboxylic acids is 1. The maximum Gasteiger partial charge on any atom is 0.312 e. The predicted molar refractivity (Wildman–Crippen MR) is 97.9 cm³/mol. The van der Waals surface area contributed by atoms with Gasteiger partial charge >= 0.3 is 5.97 Å². The fourth-order valence-corrected chi connectivity index (χ4v) is 3.65. The Labute approximate surface area is 157 Å². The van der Waals surface area contributed by atoms with Gasteiger partial charge in [0.1, 0.15) is 11.2 Å². The number of piperidine rings is 1. The Morgan fingerprint density at radius 3 is 2.56 bits per heavy atom. The van der Waals surface area contributed by atoms with Crippen LogP contribution in [-0.4, -0.2) is 46.2 Å². The van der Waals surface area contributed by atoms with E-state index in [0.717, 1.165) is 5.56 Å². The molecular formula is C21H22FNO4. The molecule has 1 heterocycles. The number of aryl methyl sites for hydroxylation is 1. The topological polar surface area (TPSA) is 77.8 Å². The highest BCUT2D eigenvalue weighted by atomic mass is 19.1. The van der Waals surface area contributed by atoms with Crippen LogP contribution in [0.25, 0.3) is 0 Å². The van der Waals surface area contributed by atoms with Crippen LogP contribution < -0.4 is 0 Å². The van der Waals surface area contributed by atoms with Gasteiger partial charge in [-0.2, -0.15) is 0 Å². The number of aliphatic hydroxyl groups is 1. The zero-order valence-corrected chi connectivity index (χ0v) is 15.1. The number of hydrogen-bond donors (Lipinski definition) is 2. The van der Waals surface area contributed by atoms with Crippen LogP contribution in [0.5, 0.6) is 0 Å². The number of rotatable bonds is 4. The fraction of sp³-hybridized carbons (Fsp3) is 0.333. The summed E-state index contributed by atoms with van der Waals surface area (Å²) in [4.78, 5) is 26.2. The first-order valence-corrected chi connectivity index (χ1v) is 8.84. The highest BCUT2D eigenvalue weighted by Gasteiger charge is 2.49. The van der Waals surface area contributed by atoms with E-state index in [1.54, 1.807) is 6.92 Å². The van der Waals surface area contributed by atoms with E-state index in [1.807, 2.05) is 30.3 Å². The van der Waals surface area contributed by atoms with Crippen molar-refractivity contribution in [3.8, 4) is 0 Å². The Hall–Kier alpha value is -2.73.